The molecule has 1 aromatic heterocycles. The number of hydrogen-bond donors (Lipinski definition) is 1. The van der Waals surface area contributed by atoms with Crippen molar-refractivity contribution >= 4 is 44.8 Å². The highest BCUT2D eigenvalue weighted by Crippen LogP contribution is 2.24. The summed E-state index contributed by atoms with van der Waals surface area (Å²) in [7, 11) is 0. The van der Waals surface area contributed by atoms with Crippen LogP contribution in [0.15, 0.2) is 46.0 Å². The van der Waals surface area contributed by atoms with Crippen LogP contribution in [0.3, 0.4) is 0 Å². The fourth-order valence-corrected chi connectivity index (χ4v) is 2.27. The van der Waals surface area contributed by atoms with Gasteiger partial charge < -0.3 is 5.21 Å². The fourth-order valence-electron chi connectivity index (χ4n) is 1.59. The molecule has 1 N–H and O–H groups in total. The van der Waals surface area contributed by atoms with Gasteiger partial charge in [0.05, 0.1) is 10.7 Å². The van der Waals surface area contributed by atoms with Crippen LogP contribution in [0.1, 0.15) is 11.3 Å². The SMILES string of the molecule is O/N=C(\Cc1cccc(Cl)n1)c1ccc(Cl)c(Br)c1. The Morgan fingerprint density at radius 2 is 2.05 bits per heavy atom. The quantitative estimate of drug-likeness (QED) is 0.377. The molecule has 6 heteroatoms. The van der Waals surface area contributed by atoms with Gasteiger partial charge in [-0.05, 0) is 40.2 Å². The Kier molecular flexibility index (Phi) is 4.80. The lowest BCUT2D eigenvalue weighted by molar-refractivity contribution is 0.318. The zero-order chi connectivity index (χ0) is 13.8. The maximum Gasteiger partial charge on any atom is 0.129 e. The lowest BCUT2D eigenvalue weighted by atomic mass is 10.1. The van der Waals surface area contributed by atoms with E-state index < -0.39 is 0 Å². The van der Waals surface area contributed by atoms with Gasteiger partial charge in [0, 0.05) is 22.2 Å². The van der Waals surface area contributed by atoms with E-state index in [4.69, 9.17) is 28.4 Å². The Balaban J connectivity index is 2.28. The summed E-state index contributed by atoms with van der Waals surface area (Å²) < 4.78 is 0.742. The second-order valence-corrected chi connectivity index (χ2v) is 5.45. The van der Waals surface area contributed by atoms with Crippen molar-refractivity contribution in [1.29, 1.82) is 0 Å². The average Bonchev–Trinajstić information content (AvgIpc) is 2.39. The van der Waals surface area contributed by atoms with Crippen LogP contribution in [0.25, 0.3) is 0 Å². The zero-order valence-electron chi connectivity index (χ0n) is 9.65. The Morgan fingerprint density at radius 3 is 2.68 bits per heavy atom. The Hall–Kier alpha value is -1.10. The summed E-state index contributed by atoms with van der Waals surface area (Å²) in [5.41, 5.74) is 1.99. The molecule has 98 valence electrons. The molecule has 2 rings (SSSR count). The standard InChI is InChI=1S/C13H9BrCl2N2O/c14-10-6-8(4-5-11(10)15)12(18-19)7-9-2-1-3-13(16)17-9/h1-6,19H,7H2/b18-12+. The van der Waals surface area contributed by atoms with Gasteiger partial charge in [0.15, 0.2) is 0 Å². The third-order valence-electron chi connectivity index (χ3n) is 2.49. The van der Waals surface area contributed by atoms with Crippen LogP contribution < -0.4 is 0 Å². The van der Waals surface area contributed by atoms with Crippen molar-refractivity contribution in [2.45, 2.75) is 6.42 Å². The molecule has 3 nitrogen and oxygen atoms in total. The number of hydrogen-bond acceptors (Lipinski definition) is 3. The molecule has 2 aromatic rings. The van der Waals surface area contributed by atoms with Gasteiger partial charge in [-0.15, -0.1) is 0 Å². The van der Waals surface area contributed by atoms with Gasteiger partial charge in [0.2, 0.25) is 0 Å². The Morgan fingerprint density at radius 1 is 1.26 bits per heavy atom. The number of pyridine rings is 1. The van der Waals surface area contributed by atoms with E-state index in [0.29, 0.717) is 22.3 Å². The molecule has 0 aliphatic heterocycles. The van der Waals surface area contributed by atoms with Crippen LogP contribution >= 0.6 is 39.1 Å². The molecule has 1 aromatic carbocycles. The van der Waals surface area contributed by atoms with Gasteiger partial charge in [-0.2, -0.15) is 0 Å². The highest BCUT2D eigenvalue weighted by atomic mass is 79.9. The summed E-state index contributed by atoms with van der Waals surface area (Å²) in [5.74, 6) is 0. The molecule has 0 atom stereocenters. The van der Waals surface area contributed by atoms with Crippen molar-refractivity contribution in [3.63, 3.8) is 0 Å². The number of aromatic nitrogens is 1. The Labute approximate surface area is 129 Å². The predicted octanol–water partition coefficient (Wildman–Crippen LogP) is 4.57. The van der Waals surface area contributed by atoms with E-state index in [9.17, 15) is 0 Å². The molecular weight excluding hydrogens is 351 g/mol. The topological polar surface area (TPSA) is 45.5 Å². The fraction of sp³-hybridized carbons (Fsp3) is 0.0769. The highest BCUT2D eigenvalue weighted by molar-refractivity contribution is 9.10. The van der Waals surface area contributed by atoms with Gasteiger partial charge in [-0.25, -0.2) is 4.98 Å². The van der Waals surface area contributed by atoms with Crippen LogP contribution in [-0.2, 0) is 6.42 Å². The van der Waals surface area contributed by atoms with Crippen LogP contribution in [-0.4, -0.2) is 15.9 Å². The summed E-state index contributed by atoms with van der Waals surface area (Å²) >= 11 is 15.1. The van der Waals surface area contributed by atoms with E-state index in [1.807, 2.05) is 6.07 Å². The molecule has 0 aliphatic carbocycles. The first-order valence-electron chi connectivity index (χ1n) is 5.38. The van der Waals surface area contributed by atoms with E-state index in [2.05, 4.69) is 26.1 Å². The largest absolute Gasteiger partial charge is 0.411 e. The second kappa shape index (κ2) is 6.37. The van der Waals surface area contributed by atoms with Gasteiger partial charge in [0.1, 0.15) is 5.15 Å². The molecule has 0 unspecified atom stereocenters. The predicted molar refractivity (Wildman–Crippen MR) is 80.4 cm³/mol. The third kappa shape index (κ3) is 3.69. The molecular formula is C13H9BrCl2N2O. The van der Waals surface area contributed by atoms with Crippen molar-refractivity contribution in [1.82, 2.24) is 4.98 Å². The minimum atomic E-state index is 0.380. The molecule has 0 saturated heterocycles. The summed E-state index contributed by atoms with van der Waals surface area (Å²) in [5, 5.41) is 13.5. The number of nitrogens with zero attached hydrogens (tertiary/aromatic N) is 2. The van der Waals surface area contributed by atoms with Crippen molar-refractivity contribution in [3.05, 3.63) is 62.3 Å². The first-order chi connectivity index (χ1) is 9.10. The third-order valence-corrected chi connectivity index (χ3v) is 3.92. The molecule has 19 heavy (non-hydrogen) atoms. The molecule has 1 heterocycles. The summed E-state index contributed by atoms with van der Waals surface area (Å²) in [4.78, 5) is 4.16. The van der Waals surface area contributed by atoms with Crippen LogP contribution in [0.4, 0.5) is 0 Å². The van der Waals surface area contributed by atoms with E-state index in [0.717, 1.165) is 15.7 Å². The molecule has 0 aliphatic rings. The number of oxime groups is 1. The van der Waals surface area contributed by atoms with Gasteiger partial charge in [0.25, 0.3) is 0 Å². The Bertz CT molecular complexity index is 632. The average molecular weight is 360 g/mol. The maximum absolute atomic E-state index is 9.15. The minimum Gasteiger partial charge on any atom is -0.411 e. The molecule has 0 radical (unpaired) electrons. The molecule has 0 fully saturated rings. The first kappa shape index (κ1) is 14.3. The van der Waals surface area contributed by atoms with Gasteiger partial charge in [-0.1, -0.05) is 40.5 Å². The summed E-state index contributed by atoms with van der Waals surface area (Å²) in [6.45, 7) is 0. The molecule has 0 spiro atoms. The van der Waals surface area contributed by atoms with E-state index in [1.165, 1.54) is 0 Å². The summed E-state index contributed by atoms with van der Waals surface area (Å²) in [6.07, 6.45) is 0.380. The van der Waals surface area contributed by atoms with E-state index in [-0.39, 0.29) is 0 Å². The summed E-state index contributed by atoms with van der Waals surface area (Å²) in [6, 6.07) is 10.6. The minimum absolute atomic E-state index is 0.380. The normalized spacial score (nSPS) is 11.6. The van der Waals surface area contributed by atoms with Gasteiger partial charge in [-0.3, -0.25) is 0 Å². The van der Waals surface area contributed by atoms with Crippen LogP contribution in [0.5, 0.6) is 0 Å². The molecule has 0 saturated carbocycles. The van der Waals surface area contributed by atoms with Crippen molar-refractivity contribution in [3.8, 4) is 0 Å². The van der Waals surface area contributed by atoms with Crippen molar-refractivity contribution in [2.24, 2.45) is 5.16 Å². The van der Waals surface area contributed by atoms with Crippen LogP contribution in [0, 0.1) is 0 Å². The zero-order valence-corrected chi connectivity index (χ0v) is 12.7. The monoisotopic (exact) mass is 358 g/mol. The van der Waals surface area contributed by atoms with E-state index in [1.54, 1.807) is 30.3 Å². The number of halogens is 3. The smallest absolute Gasteiger partial charge is 0.129 e. The number of rotatable bonds is 3. The number of benzene rings is 1. The highest BCUT2D eigenvalue weighted by Gasteiger charge is 2.09. The molecule has 0 bridgehead atoms. The van der Waals surface area contributed by atoms with Crippen molar-refractivity contribution < 1.29 is 5.21 Å². The molecule has 0 amide bonds. The lowest BCUT2D eigenvalue weighted by Crippen LogP contribution is -2.07. The second-order valence-electron chi connectivity index (χ2n) is 3.80. The first-order valence-corrected chi connectivity index (χ1v) is 6.93. The maximum atomic E-state index is 9.15. The lowest BCUT2D eigenvalue weighted by Gasteiger charge is -2.06. The van der Waals surface area contributed by atoms with E-state index >= 15 is 0 Å². The van der Waals surface area contributed by atoms with Crippen molar-refractivity contribution in [2.75, 3.05) is 0 Å². The van der Waals surface area contributed by atoms with Gasteiger partial charge >= 0.3 is 0 Å². The van der Waals surface area contributed by atoms with Crippen LogP contribution in [0.2, 0.25) is 10.2 Å².